The summed E-state index contributed by atoms with van der Waals surface area (Å²) in [7, 11) is 0. The zero-order valence-electron chi connectivity index (χ0n) is 26.2. The summed E-state index contributed by atoms with van der Waals surface area (Å²) in [4.78, 5) is 38.2. The topological polar surface area (TPSA) is 138 Å². The fraction of sp³-hybridized carbons (Fsp3) is 0.821. The highest BCUT2D eigenvalue weighted by molar-refractivity contribution is 5.88. The number of aliphatic hydroxyl groups is 2. The molecule has 1 heterocycles. The summed E-state index contributed by atoms with van der Waals surface area (Å²) in [5, 5.41) is 19.4. The lowest BCUT2D eigenvalue weighted by Gasteiger charge is -2.42. The quantitative estimate of drug-likeness (QED) is 0.122. The van der Waals surface area contributed by atoms with Gasteiger partial charge in [-0.2, -0.15) is 39.5 Å². The number of fused-ring (bicyclic) bond motifs is 2. The number of carbonyl (C=O) groups is 3. The fourth-order valence-corrected chi connectivity index (χ4v) is 4.66. The normalized spacial score (nSPS) is 24.7. The minimum absolute atomic E-state index is 0.0288. The highest BCUT2D eigenvalue weighted by Crippen LogP contribution is 2.45. The summed E-state index contributed by atoms with van der Waals surface area (Å²) in [6.45, 7) is 5.34. The number of esters is 3. The molecule has 2 bridgehead atoms. The van der Waals surface area contributed by atoms with Crippen LogP contribution in [0.2, 0.25) is 0 Å². The number of hydrogen-bond acceptors (Lipinski definition) is 10. The molecule has 0 aromatic rings. The Labute approximate surface area is 263 Å². The SMILES string of the molecule is C=C(C)C(=O)OC1CC(C(=O)OC(CC(C)(C)OCC(C)(O)C(F)(F)F)C(C)(C)OCC(O)(C(F)(F)F)C(F)(F)F)C2CC1OC2=O. The number of carbonyl (C=O) groups excluding carboxylic acids is 3. The van der Waals surface area contributed by atoms with Gasteiger partial charge in [-0.3, -0.25) is 9.59 Å². The van der Waals surface area contributed by atoms with Gasteiger partial charge in [0.25, 0.3) is 5.60 Å². The summed E-state index contributed by atoms with van der Waals surface area (Å²) in [6.07, 6.45) is -23.0. The Morgan fingerprint density at radius 2 is 1.43 bits per heavy atom. The van der Waals surface area contributed by atoms with Gasteiger partial charge in [-0.25, -0.2) is 4.79 Å². The number of ether oxygens (including phenoxy) is 5. The lowest BCUT2D eigenvalue weighted by atomic mass is 9.78. The number of rotatable bonds is 13. The fourth-order valence-electron chi connectivity index (χ4n) is 4.66. The van der Waals surface area contributed by atoms with Crippen LogP contribution in [-0.4, -0.2) is 101 Å². The number of hydrogen-bond donors (Lipinski definition) is 2. The highest BCUT2D eigenvalue weighted by atomic mass is 19.4. The predicted octanol–water partition coefficient (Wildman–Crippen LogP) is 4.49. The molecule has 1 aliphatic carbocycles. The Bertz CT molecular complexity index is 1180. The van der Waals surface area contributed by atoms with Crippen molar-refractivity contribution in [2.75, 3.05) is 13.2 Å². The number of alkyl halides is 9. The van der Waals surface area contributed by atoms with Gasteiger partial charge in [0, 0.05) is 24.8 Å². The maximum absolute atomic E-state index is 13.5. The van der Waals surface area contributed by atoms with Crippen molar-refractivity contribution >= 4 is 17.9 Å². The Balaban J connectivity index is 2.43. The van der Waals surface area contributed by atoms with E-state index in [2.05, 4.69) is 6.58 Å². The third-order valence-electron chi connectivity index (χ3n) is 8.01. The standard InChI is InChI=1S/C28H37F9O10/c1-13(2)19(38)45-16-9-15(14-8-17(16)46-20(14)39)21(40)47-18(10-22(3,4)43-11-24(7,41)26(29,30)31)23(5,6)44-12-25(42,27(32,33)34)28(35,36)37/h14-18,41-42H,1,8-12H2,2-7H3. The van der Waals surface area contributed by atoms with Crippen molar-refractivity contribution in [2.45, 2.75) is 120 Å². The maximum Gasteiger partial charge on any atom is 0.428 e. The van der Waals surface area contributed by atoms with E-state index >= 15 is 0 Å². The summed E-state index contributed by atoms with van der Waals surface area (Å²) in [5.74, 6) is -5.59. The zero-order chi connectivity index (χ0) is 36.8. The molecule has 2 rings (SSSR count). The largest absolute Gasteiger partial charge is 0.459 e. The summed E-state index contributed by atoms with van der Waals surface area (Å²) < 4.78 is 146. The lowest BCUT2D eigenvalue weighted by Crippen LogP contribution is -2.61. The molecule has 2 aliphatic rings. The maximum atomic E-state index is 13.5. The zero-order valence-corrected chi connectivity index (χ0v) is 26.2. The van der Waals surface area contributed by atoms with Gasteiger partial charge in [-0.05, 0) is 41.5 Å². The van der Waals surface area contributed by atoms with Crippen LogP contribution in [0.15, 0.2) is 12.2 Å². The second kappa shape index (κ2) is 13.3. The first-order valence-corrected chi connectivity index (χ1v) is 14.1. The molecule has 1 saturated carbocycles. The van der Waals surface area contributed by atoms with E-state index in [9.17, 15) is 64.1 Å². The van der Waals surface area contributed by atoms with Crippen LogP contribution in [0.3, 0.4) is 0 Å². The van der Waals surface area contributed by atoms with Gasteiger partial charge in [0.1, 0.15) is 18.3 Å². The molecule has 2 N–H and O–H groups in total. The minimum atomic E-state index is -6.28. The molecule has 0 radical (unpaired) electrons. The van der Waals surface area contributed by atoms with Crippen LogP contribution in [0.4, 0.5) is 39.5 Å². The molecule has 1 saturated heterocycles. The van der Waals surface area contributed by atoms with E-state index < -0.39 is 109 Å². The second-order valence-electron chi connectivity index (χ2n) is 13.1. The van der Waals surface area contributed by atoms with Crippen molar-refractivity contribution in [2.24, 2.45) is 11.8 Å². The van der Waals surface area contributed by atoms with E-state index in [-0.39, 0.29) is 18.4 Å². The van der Waals surface area contributed by atoms with Crippen molar-refractivity contribution in [1.82, 2.24) is 0 Å². The van der Waals surface area contributed by atoms with Gasteiger partial charge in [-0.15, -0.1) is 0 Å². The smallest absolute Gasteiger partial charge is 0.428 e. The first-order chi connectivity index (χ1) is 20.9. The molecular formula is C28H37F9O10. The van der Waals surface area contributed by atoms with Crippen LogP contribution in [0.25, 0.3) is 0 Å². The Morgan fingerprint density at radius 3 is 1.89 bits per heavy atom. The predicted molar refractivity (Wildman–Crippen MR) is 139 cm³/mol. The molecule has 6 atom stereocenters. The van der Waals surface area contributed by atoms with Crippen LogP contribution in [0.5, 0.6) is 0 Å². The van der Waals surface area contributed by atoms with Crippen LogP contribution >= 0.6 is 0 Å². The van der Waals surface area contributed by atoms with Gasteiger partial charge < -0.3 is 33.9 Å². The van der Waals surface area contributed by atoms with E-state index in [4.69, 9.17) is 23.7 Å². The molecule has 0 amide bonds. The van der Waals surface area contributed by atoms with Crippen LogP contribution in [0.1, 0.15) is 60.8 Å². The van der Waals surface area contributed by atoms with Crippen LogP contribution in [0, 0.1) is 11.8 Å². The second-order valence-corrected chi connectivity index (χ2v) is 13.1. The molecule has 0 spiro atoms. The average Bonchev–Trinajstić information content (AvgIpc) is 3.21. The minimum Gasteiger partial charge on any atom is -0.459 e. The molecule has 0 aromatic carbocycles. The first kappa shape index (κ1) is 40.5. The lowest BCUT2D eigenvalue weighted by molar-refractivity contribution is -0.383. The Morgan fingerprint density at radius 1 is 0.894 bits per heavy atom. The monoisotopic (exact) mass is 704 g/mol. The molecular weight excluding hydrogens is 667 g/mol. The molecule has 10 nitrogen and oxygen atoms in total. The molecule has 2 fully saturated rings. The molecule has 19 heteroatoms. The van der Waals surface area contributed by atoms with Crippen LogP contribution in [-0.2, 0) is 38.1 Å². The van der Waals surface area contributed by atoms with Crippen molar-refractivity contribution in [1.29, 1.82) is 0 Å². The molecule has 1 aliphatic heterocycles. The Kier molecular flexibility index (Phi) is 11.5. The summed E-state index contributed by atoms with van der Waals surface area (Å²) in [6, 6.07) is 0. The van der Waals surface area contributed by atoms with Gasteiger partial charge in [0.05, 0.1) is 36.3 Å². The first-order valence-electron chi connectivity index (χ1n) is 14.1. The number of halogens is 9. The van der Waals surface area contributed by atoms with Crippen molar-refractivity contribution in [3.63, 3.8) is 0 Å². The van der Waals surface area contributed by atoms with Gasteiger partial charge in [0.2, 0.25) is 0 Å². The molecule has 272 valence electrons. The molecule has 0 aromatic heterocycles. The van der Waals surface area contributed by atoms with E-state index in [0.717, 1.165) is 27.7 Å². The van der Waals surface area contributed by atoms with Crippen molar-refractivity contribution in [3.8, 4) is 0 Å². The summed E-state index contributed by atoms with van der Waals surface area (Å²) >= 11 is 0. The molecule has 47 heavy (non-hydrogen) atoms. The van der Waals surface area contributed by atoms with Gasteiger partial charge in [0.15, 0.2) is 5.60 Å². The Hall–Kier alpha value is -2.64. The van der Waals surface area contributed by atoms with E-state index in [1.807, 2.05) is 0 Å². The summed E-state index contributed by atoms with van der Waals surface area (Å²) in [5.41, 5.74) is -13.0. The van der Waals surface area contributed by atoms with Crippen LogP contribution < -0.4 is 0 Å². The van der Waals surface area contributed by atoms with Gasteiger partial charge in [-0.1, -0.05) is 6.58 Å². The molecule has 6 unspecified atom stereocenters. The van der Waals surface area contributed by atoms with E-state index in [1.165, 1.54) is 6.92 Å². The van der Waals surface area contributed by atoms with Gasteiger partial charge >= 0.3 is 36.4 Å². The third kappa shape index (κ3) is 9.29. The van der Waals surface area contributed by atoms with Crippen molar-refractivity contribution in [3.05, 3.63) is 12.2 Å². The van der Waals surface area contributed by atoms with E-state index in [0.29, 0.717) is 6.92 Å². The average molecular weight is 705 g/mol. The van der Waals surface area contributed by atoms with Crippen molar-refractivity contribution < 1.29 is 87.8 Å². The van der Waals surface area contributed by atoms with E-state index in [1.54, 1.807) is 0 Å². The highest BCUT2D eigenvalue weighted by Gasteiger charge is 2.71. The third-order valence-corrected chi connectivity index (χ3v) is 8.01.